The molecular weight excluding hydrogens is 534 g/mol. The number of carbonyl (C=O) groups is 1. The summed E-state index contributed by atoms with van der Waals surface area (Å²) in [5.74, 6) is -0.162. The van der Waals surface area contributed by atoms with Crippen molar-refractivity contribution in [3.05, 3.63) is 24.3 Å². The Labute approximate surface area is 267 Å². The van der Waals surface area contributed by atoms with E-state index in [2.05, 4.69) is 43.5 Å². The summed E-state index contributed by atoms with van der Waals surface area (Å²) in [6.07, 6.45) is 38.4. The zero-order chi connectivity index (χ0) is 31.6. The molecule has 5 heteroatoms. The van der Waals surface area contributed by atoms with Gasteiger partial charge in [-0.2, -0.15) is 0 Å². The Bertz CT molecular complexity index is 635. The molecule has 0 radical (unpaired) electrons. The maximum absolute atomic E-state index is 12.3. The van der Waals surface area contributed by atoms with E-state index < -0.39 is 18.2 Å². The van der Waals surface area contributed by atoms with Crippen molar-refractivity contribution in [2.24, 2.45) is 0 Å². The molecule has 0 aromatic carbocycles. The molecule has 0 saturated heterocycles. The summed E-state index contributed by atoms with van der Waals surface area (Å²) in [6.45, 7) is 4.13. The summed E-state index contributed by atoms with van der Waals surface area (Å²) in [4.78, 5) is 12.3. The average Bonchev–Trinajstić information content (AvgIpc) is 3.01. The van der Waals surface area contributed by atoms with Gasteiger partial charge in [-0.05, 0) is 64.2 Å². The van der Waals surface area contributed by atoms with Gasteiger partial charge in [0.2, 0.25) is 5.91 Å². The number of aliphatic hydroxyl groups excluding tert-OH is 3. The summed E-state index contributed by atoms with van der Waals surface area (Å²) in [5, 5.41) is 33.3. The third-order valence-corrected chi connectivity index (χ3v) is 8.53. The van der Waals surface area contributed by atoms with Gasteiger partial charge in [0.1, 0.15) is 6.10 Å². The molecule has 0 aromatic heterocycles. The molecule has 0 spiro atoms. The number of amides is 1. The smallest absolute Gasteiger partial charge is 0.220 e. The molecule has 0 aliphatic carbocycles. The SMILES string of the molecule is CCCCCCCCC/C=C\CCCCCCCCC(=O)N[C@@H](CO)[C@H](O)[C@H](O)CCC/C=C\CCCCCCCCC. The van der Waals surface area contributed by atoms with Crippen LogP contribution < -0.4 is 5.32 Å². The highest BCUT2D eigenvalue weighted by atomic mass is 16.3. The van der Waals surface area contributed by atoms with Crippen LogP contribution in [0, 0.1) is 0 Å². The fourth-order valence-electron chi connectivity index (χ4n) is 5.57. The van der Waals surface area contributed by atoms with Gasteiger partial charge in [0.15, 0.2) is 0 Å². The molecule has 43 heavy (non-hydrogen) atoms. The van der Waals surface area contributed by atoms with Crippen molar-refractivity contribution >= 4 is 5.91 Å². The third-order valence-electron chi connectivity index (χ3n) is 8.53. The van der Waals surface area contributed by atoms with Crippen molar-refractivity contribution in [3.63, 3.8) is 0 Å². The van der Waals surface area contributed by atoms with Crippen molar-refractivity contribution in [1.29, 1.82) is 0 Å². The van der Waals surface area contributed by atoms with E-state index in [1.54, 1.807) is 0 Å². The predicted octanol–water partition coefficient (Wildman–Crippen LogP) is 9.87. The Morgan fingerprint density at radius 1 is 0.558 bits per heavy atom. The summed E-state index contributed by atoms with van der Waals surface area (Å²) in [7, 11) is 0. The van der Waals surface area contributed by atoms with E-state index in [1.165, 1.54) is 122 Å². The number of unbranched alkanes of at least 4 members (excludes halogenated alkanes) is 21. The lowest BCUT2D eigenvalue weighted by Gasteiger charge is -2.26. The van der Waals surface area contributed by atoms with Gasteiger partial charge in [-0.1, -0.05) is 141 Å². The standard InChI is InChI=1S/C38H73NO4/c1-3-5-7-9-11-13-15-17-18-19-20-21-23-25-27-29-31-33-37(42)39-35(34-40)38(43)36(41)32-30-28-26-24-22-16-14-12-10-8-6-4-2/h18-19,24,26,35-36,38,40-41,43H,3-17,20-23,25,27-34H2,1-2H3,(H,39,42)/b19-18-,26-24-/t35-,36+,38-/m0/s1. The van der Waals surface area contributed by atoms with Crippen LogP contribution in [0.3, 0.4) is 0 Å². The second kappa shape index (κ2) is 33.7. The average molecular weight is 608 g/mol. The van der Waals surface area contributed by atoms with E-state index in [4.69, 9.17) is 0 Å². The maximum Gasteiger partial charge on any atom is 0.220 e. The largest absolute Gasteiger partial charge is 0.394 e. The van der Waals surface area contributed by atoms with Crippen LogP contribution in [0.1, 0.15) is 187 Å². The van der Waals surface area contributed by atoms with Crippen LogP contribution in [0.2, 0.25) is 0 Å². The minimum absolute atomic E-state index is 0.162. The molecule has 4 N–H and O–H groups in total. The lowest BCUT2D eigenvalue weighted by Crippen LogP contribution is -2.50. The molecule has 0 fully saturated rings. The molecule has 0 aromatic rings. The number of rotatable bonds is 33. The van der Waals surface area contributed by atoms with Gasteiger partial charge in [-0.25, -0.2) is 0 Å². The third kappa shape index (κ3) is 29.3. The van der Waals surface area contributed by atoms with Gasteiger partial charge in [0.25, 0.3) is 0 Å². The first-order chi connectivity index (χ1) is 21.1. The highest BCUT2D eigenvalue weighted by Gasteiger charge is 2.26. The first-order valence-corrected chi connectivity index (χ1v) is 18.6. The lowest BCUT2D eigenvalue weighted by atomic mass is 10.0. The van der Waals surface area contributed by atoms with Crippen LogP contribution in [-0.2, 0) is 4.79 Å². The Balaban J connectivity index is 3.73. The van der Waals surface area contributed by atoms with Gasteiger partial charge in [-0.15, -0.1) is 0 Å². The van der Waals surface area contributed by atoms with Crippen molar-refractivity contribution in [1.82, 2.24) is 5.32 Å². The predicted molar refractivity (Wildman–Crippen MR) is 185 cm³/mol. The number of allylic oxidation sites excluding steroid dienone is 4. The lowest BCUT2D eigenvalue weighted by molar-refractivity contribution is -0.124. The van der Waals surface area contributed by atoms with E-state index >= 15 is 0 Å². The van der Waals surface area contributed by atoms with Crippen molar-refractivity contribution < 1.29 is 20.1 Å². The van der Waals surface area contributed by atoms with E-state index in [-0.39, 0.29) is 12.5 Å². The first kappa shape index (κ1) is 41.8. The molecule has 0 bridgehead atoms. The van der Waals surface area contributed by atoms with Crippen LogP contribution in [0.15, 0.2) is 24.3 Å². The van der Waals surface area contributed by atoms with E-state index in [0.717, 1.165) is 38.5 Å². The van der Waals surface area contributed by atoms with E-state index in [0.29, 0.717) is 12.8 Å². The molecule has 5 nitrogen and oxygen atoms in total. The fraction of sp³-hybridized carbons (Fsp3) is 0.868. The van der Waals surface area contributed by atoms with Gasteiger partial charge >= 0.3 is 0 Å². The van der Waals surface area contributed by atoms with E-state index in [9.17, 15) is 20.1 Å². The summed E-state index contributed by atoms with van der Waals surface area (Å²) >= 11 is 0. The molecule has 1 amide bonds. The van der Waals surface area contributed by atoms with Gasteiger partial charge in [-0.3, -0.25) is 4.79 Å². The quantitative estimate of drug-likeness (QED) is 0.0441. The Morgan fingerprint density at radius 3 is 1.35 bits per heavy atom. The summed E-state index contributed by atoms with van der Waals surface area (Å²) in [6, 6.07) is -0.825. The maximum atomic E-state index is 12.3. The highest BCUT2D eigenvalue weighted by Crippen LogP contribution is 2.13. The second-order valence-electron chi connectivity index (χ2n) is 12.8. The van der Waals surface area contributed by atoms with Crippen molar-refractivity contribution in [3.8, 4) is 0 Å². The molecule has 0 saturated carbocycles. The minimum Gasteiger partial charge on any atom is -0.394 e. The van der Waals surface area contributed by atoms with Crippen molar-refractivity contribution in [2.75, 3.05) is 6.61 Å². The Morgan fingerprint density at radius 2 is 0.930 bits per heavy atom. The highest BCUT2D eigenvalue weighted by molar-refractivity contribution is 5.76. The topological polar surface area (TPSA) is 89.8 Å². The van der Waals surface area contributed by atoms with Gasteiger partial charge in [0, 0.05) is 6.42 Å². The van der Waals surface area contributed by atoms with Crippen molar-refractivity contribution in [2.45, 2.75) is 205 Å². The van der Waals surface area contributed by atoms with Gasteiger partial charge < -0.3 is 20.6 Å². The number of hydrogen-bond acceptors (Lipinski definition) is 4. The van der Waals surface area contributed by atoms with Crippen LogP contribution in [0.25, 0.3) is 0 Å². The van der Waals surface area contributed by atoms with Gasteiger partial charge in [0.05, 0.1) is 18.8 Å². The molecule has 0 unspecified atom stereocenters. The number of aliphatic hydroxyl groups is 3. The normalized spacial score (nSPS) is 14.1. The summed E-state index contributed by atoms with van der Waals surface area (Å²) < 4.78 is 0. The number of nitrogens with one attached hydrogen (secondary N) is 1. The van der Waals surface area contributed by atoms with Crippen LogP contribution in [-0.4, -0.2) is 46.1 Å². The van der Waals surface area contributed by atoms with Crippen LogP contribution in [0.5, 0.6) is 0 Å². The van der Waals surface area contributed by atoms with Crippen LogP contribution >= 0.6 is 0 Å². The zero-order valence-corrected chi connectivity index (χ0v) is 28.6. The Kier molecular flexibility index (Phi) is 32.8. The molecule has 0 rings (SSSR count). The number of hydrogen-bond donors (Lipinski definition) is 4. The molecule has 0 aliphatic heterocycles. The molecule has 254 valence electrons. The molecular formula is C38H73NO4. The number of carbonyl (C=O) groups excluding carboxylic acids is 1. The molecule has 0 aliphatic rings. The molecule has 0 heterocycles. The van der Waals surface area contributed by atoms with Crippen LogP contribution in [0.4, 0.5) is 0 Å². The molecule has 3 atom stereocenters. The summed E-state index contributed by atoms with van der Waals surface area (Å²) in [5.41, 5.74) is 0. The van der Waals surface area contributed by atoms with E-state index in [1.807, 2.05) is 0 Å². The second-order valence-corrected chi connectivity index (χ2v) is 12.8. The zero-order valence-electron chi connectivity index (χ0n) is 28.6. The monoisotopic (exact) mass is 608 g/mol. The fourth-order valence-corrected chi connectivity index (χ4v) is 5.57. The Hall–Kier alpha value is -1.17. The first-order valence-electron chi connectivity index (χ1n) is 18.6. The minimum atomic E-state index is -1.16.